The first-order valence-electron chi connectivity index (χ1n) is 7.19. The van der Waals surface area contributed by atoms with E-state index in [-0.39, 0.29) is 11.8 Å². The highest BCUT2D eigenvalue weighted by Crippen LogP contribution is 2.30. The van der Waals surface area contributed by atoms with Crippen LogP contribution in [0, 0.1) is 11.8 Å². The molecule has 0 spiro atoms. The number of carbonyl (C=O) groups is 1. The summed E-state index contributed by atoms with van der Waals surface area (Å²) >= 11 is 0. The van der Waals surface area contributed by atoms with E-state index in [1.54, 1.807) is 0 Å². The minimum absolute atomic E-state index is 0.0633. The first kappa shape index (κ1) is 14.1. The average molecular weight is 260 g/mol. The van der Waals surface area contributed by atoms with Crippen LogP contribution in [-0.2, 0) is 11.2 Å². The van der Waals surface area contributed by atoms with Gasteiger partial charge in [-0.25, -0.2) is 0 Å². The van der Waals surface area contributed by atoms with Crippen LogP contribution in [0.25, 0.3) is 0 Å². The summed E-state index contributed by atoms with van der Waals surface area (Å²) in [5, 5.41) is 0. The number of para-hydroxylation sites is 1. The Morgan fingerprint density at radius 2 is 2.16 bits per heavy atom. The van der Waals surface area contributed by atoms with Crippen LogP contribution in [0.1, 0.15) is 32.8 Å². The molecule has 3 atom stereocenters. The van der Waals surface area contributed by atoms with E-state index in [1.165, 1.54) is 5.56 Å². The first-order chi connectivity index (χ1) is 9.04. The van der Waals surface area contributed by atoms with Crippen molar-refractivity contribution in [3.8, 4) is 0 Å². The Hall–Kier alpha value is -1.35. The number of anilines is 1. The average Bonchev–Trinajstić information content (AvgIpc) is 2.43. The van der Waals surface area contributed by atoms with Crippen molar-refractivity contribution in [2.75, 3.05) is 11.4 Å². The van der Waals surface area contributed by atoms with Gasteiger partial charge in [0.2, 0.25) is 5.91 Å². The van der Waals surface area contributed by atoms with Gasteiger partial charge in [-0.1, -0.05) is 45.4 Å². The fraction of sp³-hybridized carbons (Fsp3) is 0.562. The largest absolute Gasteiger partial charge is 0.320 e. The van der Waals surface area contributed by atoms with Gasteiger partial charge < -0.3 is 10.6 Å². The Morgan fingerprint density at radius 3 is 2.84 bits per heavy atom. The highest BCUT2D eigenvalue weighted by atomic mass is 16.2. The van der Waals surface area contributed by atoms with Crippen LogP contribution in [0.3, 0.4) is 0 Å². The van der Waals surface area contributed by atoms with Crippen LogP contribution in [0.5, 0.6) is 0 Å². The fourth-order valence-electron chi connectivity index (χ4n) is 2.68. The first-order valence-corrected chi connectivity index (χ1v) is 7.19. The maximum atomic E-state index is 12.6. The molecule has 0 aromatic heterocycles. The van der Waals surface area contributed by atoms with E-state index >= 15 is 0 Å². The third-order valence-electron chi connectivity index (χ3n) is 4.15. The van der Waals surface area contributed by atoms with Crippen molar-refractivity contribution in [2.24, 2.45) is 17.6 Å². The second kappa shape index (κ2) is 5.74. The molecule has 0 aliphatic carbocycles. The van der Waals surface area contributed by atoms with Gasteiger partial charge in [-0.3, -0.25) is 4.79 Å². The second-order valence-corrected chi connectivity index (χ2v) is 5.80. The van der Waals surface area contributed by atoms with E-state index in [9.17, 15) is 4.79 Å². The molecule has 1 aromatic carbocycles. The zero-order chi connectivity index (χ0) is 14.0. The minimum Gasteiger partial charge on any atom is -0.320 e. The van der Waals surface area contributed by atoms with Crippen LogP contribution in [0.15, 0.2) is 24.3 Å². The molecule has 19 heavy (non-hydrogen) atoms. The molecular formula is C16H24N2O. The summed E-state index contributed by atoms with van der Waals surface area (Å²) in [4.78, 5) is 14.5. The molecule has 0 saturated heterocycles. The van der Waals surface area contributed by atoms with Crippen LogP contribution in [-0.4, -0.2) is 18.5 Å². The molecule has 1 aromatic rings. The molecule has 2 N–H and O–H groups in total. The van der Waals surface area contributed by atoms with E-state index in [0.29, 0.717) is 5.92 Å². The fourth-order valence-corrected chi connectivity index (χ4v) is 2.68. The summed E-state index contributed by atoms with van der Waals surface area (Å²) in [6, 6.07) is 7.77. The highest BCUT2D eigenvalue weighted by molar-refractivity contribution is 5.98. The maximum absolute atomic E-state index is 12.6. The number of carbonyl (C=O) groups excluding carboxylic acids is 1. The third kappa shape index (κ3) is 2.81. The van der Waals surface area contributed by atoms with E-state index in [1.807, 2.05) is 30.0 Å². The monoisotopic (exact) mass is 260 g/mol. The molecule has 3 heteroatoms. The molecule has 104 valence electrons. The third-order valence-corrected chi connectivity index (χ3v) is 4.15. The number of hydrogen-bond donors (Lipinski definition) is 1. The lowest BCUT2D eigenvalue weighted by Gasteiger charge is -2.35. The summed E-state index contributed by atoms with van der Waals surface area (Å²) in [7, 11) is 0. The van der Waals surface area contributed by atoms with Crippen molar-refractivity contribution in [1.82, 2.24) is 0 Å². The standard InChI is InChI=1S/C16H24N2O/c1-4-12(3)15(17)16(19)18-10-11(2)9-13-7-5-6-8-14(13)18/h5-8,11-12,15H,4,9-10,17H2,1-3H3. The topological polar surface area (TPSA) is 46.3 Å². The molecule has 3 unspecified atom stereocenters. The Balaban J connectivity index is 2.27. The number of benzene rings is 1. The van der Waals surface area contributed by atoms with Crippen molar-refractivity contribution in [3.05, 3.63) is 29.8 Å². The lowest BCUT2D eigenvalue weighted by Crippen LogP contribution is -2.50. The SMILES string of the molecule is CCC(C)C(N)C(=O)N1CC(C)Cc2ccccc21. The lowest BCUT2D eigenvalue weighted by molar-refractivity contribution is -0.121. The van der Waals surface area contributed by atoms with Gasteiger partial charge >= 0.3 is 0 Å². The van der Waals surface area contributed by atoms with Crippen molar-refractivity contribution in [3.63, 3.8) is 0 Å². The number of rotatable bonds is 3. The molecule has 0 fully saturated rings. The summed E-state index contributed by atoms with van der Waals surface area (Å²) in [6.45, 7) is 7.08. The normalized spacial score (nSPS) is 21.7. The predicted molar refractivity (Wildman–Crippen MR) is 79.1 cm³/mol. The Morgan fingerprint density at radius 1 is 1.47 bits per heavy atom. The smallest absolute Gasteiger partial charge is 0.244 e. The lowest BCUT2D eigenvalue weighted by atomic mass is 9.92. The summed E-state index contributed by atoms with van der Waals surface area (Å²) < 4.78 is 0. The van der Waals surface area contributed by atoms with Crippen LogP contribution >= 0.6 is 0 Å². The molecular weight excluding hydrogens is 236 g/mol. The minimum atomic E-state index is -0.400. The molecule has 1 amide bonds. The molecule has 0 bridgehead atoms. The molecule has 3 nitrogen and oxygen atoms in total. The van der Waals surface area contributed by atoms with Gasteiger partial charge in [-0.15, -0.1) is 0 Å². The van der Waals surface area contributed by atoms with Gasteiger partial charge in [0.05, 0.1) is 6.04 Å². The molecule has 0 saturated carbocycles. The Labute approximate surface area is 115 Å². The molecule has 1 aliphatic rings. The summed E-state index contributed by atoms with van der Waals surface area (Å²) in [6.07, 6.45) is 1.97. The van der Waals surface area contributed by atoms with Crippen molar-refractivity contribution in [2.45, 2.75) is 39.7 Å². The predicted octanol–water partition coefficient (Wildman–Crippen LogP) is 2.59. The number of nitrogens with zero attached hydrogens (tertiary/aromatic N) is 1. The van der Waals surface area contributed by atoms with Gasteiger partial charge in [0.15, 0.2) is 0 Å². The maximum Gasteiger partial charge on any atom is 0.244 e. The second-order valence-electron chi connectivity index (χ2n) is 5.80. The number of hydrogen-bond acceptors (Lipinski definition) is 2. The quantitative estimate of drug-likeness (QED) is 0.908. The number of fused-ring (bicyclic) bond motifs is 1. The number of nitrogens with two attached hydrogens (primary N) is 1. The van der Waals surface area contributed by atoms with Gasteiger partial charge in [0.1, 0.15) is 0 Å². The van der Waals surface area contributed by atoms with E-state index < -0.39 is 6.04 Å². The zero-order valence-corrected chi connectivity index (χ0v) is 12.1. The van der Waals surface area contributed by atoms with Crippen LogP contribution in [0.2, 0.25) is 0 Å². The molecule has 2 rings (SSSR count). The van der Waals surface area contributed by atoms with Crippen molar-refractivity contribution < 1.29 is 4.79 Å². The highest BCUT2D eigenvalue weighted by Gasteiger charge is 2.30. The van der Waals surface area contributed by atoms with Gasteiger partial charge in [0.25, 0.3) is 0 Å². The van der Waals surface area contributed by atoms with Crippen LogP contribution < -0.4 is 10.6 Å². The number of amides is 1. The summed E-state index contributed by atoms with van der Waals surface area (Å²) in [5.41, 5.74) is 8.41. The van der Waals surface area contributed by atoms with Crippen molar-refractivity contribution in [1.29, 1.82) is 0 Å². The van der Waals surface area contributed by atoms with Crippen molar-refractivity contribution >= 4 is 11.6 Å². The molecule has 0 radical (unpaired) electrons. The van der Waals surface area contributed by atoms with Crippen LogP contribution in [0.4, 0.5) is 5.69 Å². The van der Waals surface area contributed by atoms with Gasteiger partial charge in [-0.05, 0) is 29.9 Å². The van der Waals surface area contributed by atoms with Gasteiger partial charge in [0, 0.05) is 12.2 Å². The van der Waals surface area contributed by atoms with E-state index in [2.05, 4.69) is 19.9 Å². The van der Waals surface area contributed by atoms with E-state index in [0.717, 1.165) is 25.1 Å². The molecule has 1 aliphatic heterocycles. The summed E-state index contributed by atoms with van der Waals surface area (Å²) in [5.74, 6) is 0.772. The Kier molecular flexibility index (Phi) is 4.25. The van der Waals surface area contributed by atoms with E-state index in [4.69, 9.17) is 5.73 Å². The zero-order valence-electron chi connectivity index (χ0n) is 12.1. The van der Waals surface area contributed by atoms with Gasteiger partial charge in [-0.2, -0.15) is 0 Å². The molecule has 1 heterocycles. The Bertz CT molecular complexity index is 458.